The predicted molar refractivity (Wildman–Crippen MR) is 57.5 cm³/mol. The van der Waals surface area contributed by atoms with Crippen LogP contribution in [0, 0.1) is 0 Å². The maximum Gasteiger partial charge on any atom is 0.0833 e. The lowest BCUT2D eigenvalue weighted by molar-refractivity contribution is 0.0357. The van der Waals surface area contributed by atoms with Crippen LogP contribution in [-0.2, 0) is 9.47 Å². The minimum absolute atomic E-state index is 0.350. The number of hydrogen-bond acceptors (Lipinski definition) is 3. The van der Waals surface area contributed by atoms with Gasteiger partial charge in [0.1, 0.15) is 0 Å². The van der Waals surface area contributed by atoms with Gasteiger partial charge in [0.25, 0.3) is 0 Å². The molecule has 0 saturated carbocycles. The van der Waals surface area contributed by atoms with E-state index in [2.05, 4.69) is 12.2 Å². The Bertz CT molecular complexity index is 141. The minimum Gasteiger partial charge on any atom is -0.376 e. The third kappa shape index (κ3) is 4.40. The smallest absolute Gasteiger partial charge is 0.0833 e. The molecule has 0 aromatic carbocycles. The molecule has 3 nitrogen and oxygen atoms in total. The summed E-state index contributed by atoms with van der Waals surface area (Å²) in [6.07, 6.45) is 5.37. The molecular formula is C11H23NO2. The zero-order valence-electron chi connectivity index (χ0n) is 9.42. The fourth-order valence-corrected chi connectivity index (χ4v) is 1.81. The number of rotatable bonds is 7. The molecule has 1 heterocycles. The molecule has 1 aliphatic rings. The molecule has 1 saturated heterocycles. The van der Waals surface area contributed by atoms with Gasteiger partial charge in [-0.15, -0.1) is 0 Å². The van der Waals surface area contributed by atoms with Crippen LogP contribution in [0.25, 0.3) is 0 Å². The largest absolute Gasteiger partial charge is 0.376 e. The number of ether oxygens (including phenoxy) is 2. The van der Waals surface area contributed by atoms with Crippen LogP contribution < -0.4 is 5.32 Å². The molecule has 1 unspecified atom stereocenters. The number of hydrogen-bond donors (Lipinski definition) is 1. The summed E-state index contributed by atoms with van der Waals surface area (Å²) in [5, 5.41) is 3.11. The zero-order valence-corrected chi connectivity index (χ0v) is 9.42. The fourth-order valence-electron chi connectivity index (χ4n) is 1.81. The Balaban J connectivity index is 1.98. The molecule has 1 rings (SSSR count). The van der Waals surface area contributed by atoms with Crippen molar-refractivity contribution in [2.24, 2.45) is 0 Å². The summed E-state index contributed by atoms with van der Waals surface area (Å²) in [7, 11) is 1.97. The summed E-state index contributed by atoms with van der Waals surface area (Å²) < 4.78 is 11.3. The van der Waals surface area contributed by atoms with Gasteiger partial charge < -0.3 is 14.8 Å². The van der Waals surface area contributed by atoms with Gasteiger partial charge in [0.2, 0.25) is 0 Å². The molecule has 0 amide bonds. The van der Waals surface area contributed by atoms with E-state index >= 15 is 0 Å². The van der Waals surface area contributed by atoms with Crippen molar-refractivity contribution in [3.8, 4) is 0 Å². The fraction of sp³-hybridized carbons (Fsp3) is 1.00. The molecular weight excluding hydrogens is 178 g/mol. The average Bonchev–Trinajstić information content (AvgIpc) is 2.61. The Hall–Kier alpha value is -0.120. The van der Waals surface area contributed by atoms with Gasteiger partial charge in [-0.05, 0) is 26.4 Å². The van der Waals surface area contributed by atoms with Crippen molar-refractivity contribution in [3.63, 3.8) is 0 Å². The van der Waals surface area contributed by atoms with Gasteiger partial charge in [-0.3, -0.25) is 0 Å². The second-order valence-corrected chi connectivity index (χ2v) is 3.93. The Morgan fingerprint density at radius 2 is 2.36 bits per heavy atom. The van der Waals surface area contributed by atoms with E-state index in [4.69, 9.17) is 9.47 Å². The van der Waals surface area contributed by atoms with Crippen LogP contribution in [0.15, 0.2) is 0 Å². The van der Waals surface area contributed by atoms with Crippen molar-refractivity contribution in [1.29, 1.82) is 0 Å². The van der Waals surface area contributed by atoms with Crippen molar-refractivity contribution < 1.29 is 9.47 Å². The quantitative estimate of drug-likeness (QED) is 0.634. The lowest BCUT2D eigenvalue weighted by atomic mass is 10.1. The maximum atomic E-state index is 5.72. The lowest BCUT2D eigenvalue weighted by Crippen LogP contribution is -2.17. The van der Waals surface area contributed by atoms with E-state index in [1.807, 2.05) is 7.05 Å². The molecule has 0 aromatic heterocycles. The first kappa shape index (κ1) is 12.0. The Morgan fingerprint density at radius 1 is 1.50 bits per heavy atom. The topological polar surface area (TPSA) is 30.5 Å². The van der Waals surface area contributed by atoms with Gasteiger partial charge in [0.15, 0.2) is 0 Å². The first-order chi connectivity index (χ1) is 6.86. The normalized spacial score (nSPS) is 27.0. The summed E-state index contributed by atoms with van der Waals surface area (Å²) >= 11 is 0. The van der Waals surface area contributed by atoms with Gasteiger partial charge in [-0.1, -0.05) is 13.3 Å². The average molecular weight is 201 g/mol. The second kappa shape index (κ2) is 7.21. The molecule has 0 radical (unpaired) electrons. The van der Waals surface area contributed by atoms with E-state index in [-0.39, 0.29) is 0 Å². The van der Waals surface area contributed by atoms with Crippen molar-refractivity contribution in [2.45, 2.75) is 44.8 Å². The van der Waals surface area contributed by atoms with Gasteiger partial charge in [-0.25, -0.2) is 0 Å². The SMILES string of the molecule is CCCC1C[C@H](OCCCNC)CO1. The summed E-state index contributed by atoms with van der Waals surface area (Å²) in [5.74, 6) is 0. The molecule has 84 valence electrons. The molecule has 3 heteroatoms. The summed E-state index contributed by atoms with van der Waals surface area (Å²) in [4.78, 5) is 0. The van der Waals surface area contributed by atoms with E-state index in [0.29, 0.717) is 12.2 Å². The Labute approximate surface area is 87.2 Å². The summed E-state index contributed by atoms with van der Waals surface area (Å²) in [6.45, 7) is 4.88. The predicted octanol–water partition coefficient (Wildman–Crippen LogP) is 1.57. The highest BCUT2D eigenvalue weighted by Crippen LogP contribution is 2.19. The van der Waals surface area contributed by atoms with Crippen molar-refractivity contribution in [3.05, 3.63) is 0 Å². The lowest BCUT2D eigenvalue weighted by Gasteiger charge is -2.09. The van der Waals surface area contributed by atoms with Gasteiger partial charge in [-0.2, -0.15) is 0 Å². The van der Waals surface area contributed by atoms with Crippen LogP contribution >= 0.6 is 0 Å². The van der Waals surface area contributed by atoms with Crippen molar-refractivity contribution in [2.75, 3.05) is 26.8 Å². The summed E-state index contributed by atoms with van der Waals surface area (Å²) in [5.41, 5.74) is 0. The van der Waals surface area contributed by atoms with Gasteiger partial charge in [0.05, 0.1) is 18.8 Å². The van der Waals surface area contributed by atoms with E-state index in [0.717, 1.165) is 32.6 Å². The molecule has 2 atom stereocenters. The standard InChI is InChI=1S/C11H23NO2/c1-3-5-10-8-11(9-14-10)13-7-4-6-12-2/h10-12H,3-9H2,1-2H3/t10?,11-/m0/s1. The molecule has 0 spiro atoms. The Kier molecular flexibility index (Phi) is 6.15. The van der Waals surface area contributed by atoms with E-state index in [1.165, 1.54) is 12.8 Å². The third-order valence-corrected chi connectivity index (χ3v) is 2.58. The first-order valence-electron chi connectivity index (χ1n) is 5.74. The molecule has 1 N–H and O–H groups in total. The van der Waals surface area contributed by atoms with Gasteiger partial charge in [0, 0.05) is 13.0 Å². The zero-order chi connectivity index (χ0) is 10.2. The van der Waals surface area contributed by atoms with Crippen LogP contribution in [-0.4, -0.2) is 39.0 Å². The summed E-state index contributed by atoms with van der Waals surface area (Å²) in [6, 6.07) is 0. The highest BCUT2D eigenvalue weighted by Gasteiger charge is 2.24. The monoisotopic (exact) mass is 201 g/mol. The highest BCUT2D eigenvalue weighted by atomic mass is 16.5. The Morgan fingerprint density at radius 3 is 3.07 bits per heavy atom. The van der Waals surface area contributed by atoms with E-state index < -0.39 is 0 Å². The number of nitrogens with one attached hydrogen (secondary N) is 1. The maximum absolute atomic E-state index is 5.72. The molecule has 0 bridgehead atoms. The van der Waals surface area contributed by atoms with Crippen LogP contribution in [0.2, 0.25) is 0 Å². The third-order valence-electron chi connectivity index (χ3n) is 2.58. The van der Waals surface area contributed by atoms with E-state index in [1.54, 1.807) is 0 Å². The van der Waals surface area contributed by atoms with Gasteiger partial charge >= 0.3 is 0 Å². The molecule has 0 aliphatic carbocycles. The molecule has 1 aliphatic heterocycles. The molecule has 0 aromatic rings. The van der Waals surface area contributed by atoms with E-state index in [9.17, 15) is 0 Å². The second-order valence-electron chi connectivity index (χ2n) is 3.93. The van der Waals surface area contributed by atoms with Crippen LogP contribution in [0.3, 0.4) is 0 Å². The van der Waals surface area contributed by atoms with Crippen molar-refractivity contribution in [1.82, 2.24) is 5.32 Å². The van der Waals surface area contributed by atoms with Crippen LogP contribution in [0.5, 0.6) is 0 Å². The first-order valence-corrected chi connectivity index (χ1v) is 5.74. The van der Waals surface area contributed by atoms with Crippen LogP contribution in [0.4, 0.5) is 0 Å². The highest BCUT2D eigenvalue weighted by molar-refractivity contribution is 4.73. The minimum atomic E-state index is 0.350. The van der Waals surface area contributed by atoms with Crippen LogP contribution in [0.1, 0.15) is 32.6 Å². The van der Waals surface area contributed by atoms with Crippen molar-refractivity contribution >= 4 is 0 Å². The molecule has 1 fully saturated rings. The molecule has 14 heavy (non-hydrogen) atoms.